The fourth-order valence-corrected chi connectivity index (χ4v) is 1.15. The molecule has 0 aromatic carbocycles. The molecule has 0 bridgehead atoms. The van der Waals surface area contributed by atoms with Crippen molar-refractivity contribution in [1.29, 1.82) is 5.26 Å². The van der Waals surface area contributed by atoms with Crippen LogP contribution >= 0.6 is 11.3 Å². The summed E-state index contributed by atoms with van der Waals surface area (Å²) in [7, 11) is 0. The summed E-state index contributed by atoms with van der Waals surface area (Å²) >= 11 is 1.61. The van der Waals surface area contributed by atoms with E-state index in [-0.39, 0.29) is 6.54 Å². The summed E-state index contributed by atoms with van der Waals surface area (Å²) in [5, 5.41) is 10.1. The van der Waals surface area contributed by atoms with Crippen molar-refractivity contribution in [3.8, 4) is 6.07 Å². The fraction of sp³-hybridized carbons (Fsp3) is 0.143. The Morgan fingerprint density at radius 2 is 2.70 bits per heavy atom. The Balaban J connectivity index is 2.49. The summed E-state index contributed by atoms with van der Waals surface area (Å²) < 4.78 is 0. The van der Waals surface area contributed by atoms with Gasteiger partial charge in [0, 0.05) is 11.1 Å². The third-order valence-corrected chi connectivity index (χ3v) is 1.73. The van der Waals surface area contributed by atoms with E-state index in [4.69, 9.17) is 5.26 Å². The van der Waals surface area contributed by atoms with Crippen molar-refractivity contribution in [1.82, 2.24) is 0 Å². The Labute approximate surface area is 63.5 Å². The smallest absolute Gasteiger partial charge is 0.126 e. The van der Waals surface area contributed by atoms with E-state index in [2.05, 4.69) is 4.99 Å². The number of rotatable bonds is 2. The zero-order valence-corrected chi connectivity index (χ0v) is 6.14. The van der Waals surface area contributed by atoms with Gasteiger partial charge in [0.15, 0.2) is 0 Å². The van der Waals surface area contributed by atoms with Gasteiger partial charge >= 0.3 is 0 Å². The number of nitrogens with zero attached hydrogens (tertiary/aromatic N) is 2. The Morgan fingerprint density at radius 1 is 1.80 bits per heavy atom. The third-order valence-electron chi connectivity index (χ3n) is 0.924. The van der Waals surface area contributed by atoms with Gasteiger partial charge in [0.25, 0.3) is 0 Å². The predicted octanol–water partition coefficient (Wildman–Crippen LogP) is 1.69. The lowest BCUT2D eigenvalue weighted by atomic mass is 10.5. The van der Waals surface area contributed by atoms with E-state index in [9.17, 15) is 0 Å². The van der Waals surface area contributed by atoms with Gasteiger partial charge in [-0.3, -0.25) is 4.99 Å². The molecular formula is C7H6N2S. The second-order valence-corrected chi connectivity index (χ2v) is 2.62. The number of aliphatic imine (C=N–C) groups is 1. The van der Waals surface area contributed by atoms with Crippen molar-refractivity contribution >= 4 is 17.6 Å². The van der Waals surface area contributed by atoms with Crippen LogP contribution in [0.3, 0.4) is 0 Å². The van der Waals surface area contributed by atoms with Crippen molar-refractivity contribution in [2.45, 2.75) is 0 Å². The molecule has 10 heavy (non-hydrogen) atoms. The van der Waals surface area contributed by atoms with Crippen molar-refractivity contribution in [2.24, 2.45) is 4.99 Å². The van der Waals surface area contributed by atoms with E-state index >= 15 is 0 Å². The zero-order valence-electron chi connectivity index (χ0n) is 5.32. The highest BCUT2D eigenvalue weighted by Crippen LogP contribution is 2.04. The van der Waals surface area contributed by atoms with Gasteiger partial charge in [0.1, 0.15) is 6.54 Å². The molecule has 50 valence electrons. The molecule has 0 aliphatic carbocycles. The lowest BCUT2D eigenvalue weighted by Crippen LogP contribution is -1.75. The van der Waals surface area contributed by atoms with Crippen LogP contribution in [-0.4, -0.2) is 12.8 Å². The maximum Gasteiger partial charge on any atom is 0.126 e. The molecule has 0 atom stereocenters. The fourth-order valence-electron chi connectivity index (χ4n) is 0.541. The molecule has 3 heteroatoms. The van der Waals surface area contributed by atoms with E-state index in [0.29, 0.717) is 0 Å². The molecule has 1 aromatic rings. The van der Waals surface area contributed by atoms with Crippen molar-refractivity contribution in [2.75, 3.05) is 6.54 Å². The van der Waals surface area contributed by atoms with E-state index < -0.39 is 0 Å². The lowest BCUT2D eigenvalue weighted by Gasteiger charge is -1.78. The summed E-state index contributed by atoms with van der Waals surface area (Å²) in [6.07, 6.45) is 1.72. The summed E-state index contributed by atoms with van der Waals surface area (Å²) in [5.41, 5.74) is 0. The van der Waals surface area contributed by atoms with E-state index in [0.717, 1.165) is 4.88 Å². The highest BCUT2D eigenvalue weighted by Gasteiger charge is 1.83. The largest absolute Gasteiger partial charge is 0.277 e. The van der Waals surface area contributed by atoms with Gasteiger partial charge < -0.3 is 0 Å². The quantitative estimate of drug-likeness (QED) is 0.467. The molecule has 1 heterocycles. The first-order valence-electron chi connectivity index (χ1n) is 2.84. The molecule has 0 amide bonds. The number of hydrogen-bond donors (Lipinski definition) is 0. The molecule has 0 spiro atoms. The molecule has 2 nitrogen and oxygen atoms in total. The Hall–Kier alpha value is -1.14. The van der Waals surface area contributed by atoms with Crippen LogP contribution in [0.1, 0.15) is 4.88 Å². The third kappa shape index (κ3) is 2.00. The number of nitriles is 1. The first-order valence-corrected chi connectivity index (χ1v) is 3.72. The molecular weight excluding hydrogens is 144 g/mol. The van der Waals surface area contributed by atoms with Gasteiger partial charge in [-0.15, -0.1) is 11.3 Å². The summed E-state index contributed by atoms with van der Waals surface area (Å²) in [5.74, 6) is 0. The molecule has 0 saturated carbocycles. The van der Waals surface area contributed by atoms with Gasteiger partial charge in [-0.05, 0) is 11.4 Å². The van der Waals surface area contributed by atoms with Crippen LogP contribution in [0.15, 0.2) is 22.5 Å². The SMILES string of the molecule is N#CCN=Cc1cccs1. The van der Waals surface area contributed by atoms with Gasteiger partial charge in [-0.25, -0.2) is 0 Å². The second-order valence-electron chi connectivity index (χ2n) is 1.64. The van der Waals surface area contributed by atoms with Crippen LogP contribution in [0.5, 0.6) is 0 Å². The molecule has 0 saturated heterocycles. The van der Waals surface area contributed by atoms with E-state index in [1.54, 1.807) is 17.6 Å². The van der Waals surface area contributed by atoms with Crippen LogP contribution < -0.4 is 0 Å². The van der Waals surface area contributed by atoms with Gasteiger partial charge in [0.2, 0.25) is 0 Å². The number of hydrogen-bond acceptors (Lipinski definition) is 3. The minimum atomic E-state index is 0.248. The summed E-state index contributed by atoms with van der Waals surface area (Å²) in [6.45, 7) is 0.248. The highest BCUT2D eigenvalue weighted by molar-refractivity contribution is 7.11. The summed E-state index contributed by atoms with van der Waals surface area (Å²) in [4.78, 5) is 4.95. The number of thiophene rings is 1. The zero-order chi connectivity index (χ0) is 7.23. The Bertz CT molecular complexity index is 243. The van der Waals surface area contributed by atoms with Crippen molar-refractivity contribution in [3.05, 3.63) is 22.4 Å². The topological polar surface area (TPSA) is 36.1 Å². The molecule has 0 fully saturated rings. The van der Waals surface area contributed by atoms with Crippen LogP contribution in [-0.2, 0) is 0 Å². The summed E-state index contributed by atoms with van der Waals surface area (Å²) in [6, 6.07) is 5.86. The highest BCUT2D eigenvalue weighted by atomic mass is 32.1. The predicted molar refractivity (Wildman–Crippen MR) is 42.4 cm³/mol. The maximum atomic E-state index is 8.13. The van der Waals surface area contributed by atoms with Crippen LogP contribution in [0.2, 0.25) is 0 Å². The molecule has 0 aliphatic heterocycles. The monoisotopic (exact) mass is 150 g/mol. The molecule has 0 unspecified atom stereocenters. The van der Waals surface area contributed by atoms with Gasteiger partial charge in [-0.1, -0.05) is 6.07 Å². The van der Waals surface area contributed by atoms with Crippen molar-refractivity contribution < 1.29 is 0 Å². The lowest BCUT2D eigenvalue weighted by molar-refractivity contribution is 1.25. The molecule has 1 rings (SSSR count). The average molecular weight is 150 g/mol. The second kappa shape index (κ2) is 3.80. The standard InChI is InChI=1S/C7H6N2S/c8-3-4-9-6-7-2-1-5-10-7/h1-2,5-6H,4H2. The van der Waals surface area contributed by atoms with Crippen molar-refractivity contribution in [3.63, 3.8) is 0 Å². The van der Waals surface area contributed by atoms with Crippen LogP contribution in [0, 0.1) is 11.3 Å². The molecule has 0 N–H and O–H groups in total. The minimum Gasteiger partial charge on any atom is -0.277 e. The first-order chi connectivity index (χ1) is 4.93. The first kappa shape index (κ1) is 6.97. The molecule has 0 radical (unpaired) electrons. The van der Waals surface area contributed by atoms with Crippen LogP contribution in [0.25, 0.3) is 0 Å². The Morgan fingerprint density at radius 3 is 3.30 bits per heavy atom. The molecule has 0 aliphatic rings. The van der Waals surface area contributed by atoms with Gasteiger partial charge in [-0.2, -0.15) is 5.26 Å². The van der Waals surface area contributed by atoms with E-state index in [1.807, 2.05) is 23.6 Å². The average Bonchev–Trinajstić information content (AvgIpc) is 2.41. The van der Waals surface area contributed by atoms with Crippen LogP contribution in [0.4, 0.5) is 0 Å². The molecule has 1 aromatic heterocycles. The van der Waals surface area contributed by atoms with Gasteiger partial charge in [0.05, 0.1) is 6.07 Å². The Kier molecular flexibility index (Phi) is 2.65. The normalized spacial score (nSPS) is 9.90. The maximum absolute atomic E-state index is 8.13. The minimum absolute atomic E-state index is 0.248. The van der Waals surface area contributed by atoms with E-state index in [1.165, 1.54) is 0 Å².